The summed E-state index contributed by atoms with van der Waals surface area (Å²) in [6.45, 7) is 9.14. The fraction of sp³-hybridized carbons (Fsp3) is 0.789. The maximum Gasteiger partial charge on any atom is 0.241 e. The first kappa shape index (κ1) is 20.8. The monoisotopic (exact) mass is 340 g/mol. The lowest BCUT2D eigenvalue weighted by molar-refractivity contribution is -0.122. The Morgan fingerprint density at radius 2 is 2.04 bits per heavy atom. The van der Waals surface area contributed by atoms with Crippen molar-refractivity contribution < 1.29 is 16.1 Å². The van der Waals surface area contributed by atoms with Gasteiger partial charge in [0, 0.05) is 26.2 Å². The number of allylic oxidation sites excluding steroid dienone is 2. The molecule has 0 saturated heterocycles. The predicted octanol–water partition coefficient (Wildman–Crippen LogP) is 2.79. The molecule has 3 N–H and O–H groups in total. The van der Waals surface area contributed by atoms with Crippen molar-refractivity contribution in [2.45, 2.75) is 72.3 Å². The minimum Gasteiger partial charge on any atom is -0.396 e. The van der Waals surface area contributed by atoms with Crippen LogP contribution in [0.15, 0.2) is 11.8 Å². The average molecular weight is 341 g/mol. The molecule has 0 bridgehead atoms. The van der Waals surface area contributed by atoms with Crippen LogP contribution in [0.3, 0.4) is 0 Å². The Kier molecular flexibility index (Phi) is 8.63. The van der Waals surface area contributed by atoms with Gasteiger partial charge in [0.1, 0.15) is 0 Å². The first-order valence-corrected chi connectivity index (χ1v) is 9.19. The van der Waals surface area contributed by atoms with Gasteiger partial charge < -0.3 is 15.7 Å². The lowest BCUT2D eigenvalue weighted by Crippen LogP contribution is -2.46. The molecule has 0 aliphatic heterocycles. The molecule has 2 atom stereocenters. The van der Waals surface area contributed by atoms with E-state index in [0.717, 1.165) is 37.9 Å². The van der Waals surface area contributed by atoms with Gasteiger partial charge in [0.15, 0.2) is 5.78 Å². The van der Waals surface area contributed by atoms with E-state index in [4.69, 9.17) is 5.11 Å². The normalized spacial score (nSPS) is 19.5. The minimum atomic E-state index is -0.260. The van der Waals surface area contributed by atoms with Crippen molar-refractivity contribution in [1.82, 2.24) is 10.6 Å². The van der Waals surface area contributed by atoms with E-state index in [1.807, 2.05) is 13.8 Å². The molecule has 1 unspecified atom stereocenters. The highest BCUT2D eigenvalue weighted by Gasteiger charge is 2.29. The second-order valence-corrected chi connectivity index (χ2v) is 7.68. The van der Waals surface area contributed by atoms with Gasteiger partial charge >= 0.3 is 0 Å². The molecule has 5 heteroatoms. The van der Waals surface area contributed by atoms with Crippen molar-refractivity contribution in [2.24, 2.45) is 11.3 Å². The van der Waals surface area contributed by atoms with E-state index in [9.17, 15) is 9.59 Å². The number of nitrogens with one attached hydrogen (secondary N) is 2. The molecule has 0 spiro atoms. The van der Waals surface area contributed by atoms with E-state index in [-0.39, 0.29) is 31.2 Å². The van der Waals surface area contributed by atoms with Crippen LogP contribution in [0.25, 0.3) is 0 Å². The summed E-state index contributed by atoms with van der Waals surface area (Å²) in [5, 5.41) is 15.4. The Hall–Kier alpha value is -1.20. The Bertz CT molecular complexity index is 464. The molecule has 0 heterocycles. The first-order chi connectivity index (χ1) is 11.3. The number of amides is 1. The number of hydrogen-bond donors (Lipinski definition) is 3. The molecule has 0 radical (unpaired) electrons. The van der Waals surface area contributed by atoms with Crippen LogP contribution in [0.5, 0.6) is 0 Å². The first-order valence-electron chi connectivity index (χ1n) is 9.19. The maximum atomic E-state index is 12.6. The number of rotatable bonds is 10. The largest absolute Gasteiger partial charge is 0.396 e. The molecule has 1 aliphatic rings. The standard InChI is InChI=1S/C19H34N2O3.H2/c1-5-7-17(20-13-14(6-2)8-9-22)18(24)21-15-10-16(23)12-19(3,4)11-15;/h10,14,17,20,22H,5-9,11-13H2,1-4H3,(H,21,24);1H/t14?,17-;/m0./s1. The van der Waals surface area contributed by atoms with E-state index in [1.165, 1.54) is 0 Å². The summed E-state index contributed by atoms with van der Waals surface area (Å²) in [6.07, 6.45) is 6.21. The number of carbonyl (C=O) groups is 2. The average Bonchev–Trinajstić information content (AvgIpc) is 2.47. The lowest BCUT2D eigenvalue weighted by atomic mass is 9.79. The van der Waals surface area contributed by atoms with Crippen LogP contribution >= 0.6 is 0 Å². The molecule has 24 heavy (non-hydrogen) atoms. The van der Waals surface area contributed by atoms with Crippen molar-refractivity contribution >= 4 is 11.7 Å². The third-order valence-corrected chi connectivity index (χ3v) is 4.60. The fourth-order valence-corrected chi connectivity index (χ4v) is 3.23. The molecule has 1 aliphatic carbocycles. The van der Waals surface area contributed by atoms with Crippen molar-refractivity contribution in [3.05, 3.63) is 11.8 Å². The van der Waals surface area contributed by atoms with Gasteiger partial charge in [0.05, 0.1) is 6.04 Å². The number of aliphatic hydroxyl groups excluding tert-OH is 1. The predicted molar refractivity (Wildman–Crippen MR) is 98.5 cm³/mol. The Balaban J connectivity index is 0.00000576. The molecule has 5 nitrogen and oxygen atoms in total. The van der Waals surface area contributed by atoms with Gasteiger partial charge in [-0.25, -0.2) is 0 Å². The second kappa shape index (κ2) is 9.94. The van der Waals surface area contributed by atoms with E-state index in [1.54, 1.807) is 6.08 Å². The van der Waals surface area contributed by atoms with Crippen LogP contribution < -0.4 is 10.6 Å². The Labute approximate surface area is 147 Å². The molecule has 0 aromatic carbocycles. The van der Waals surface area contributed by atoms with E-state index in [0.29, 0.717) is 18.8 Å². The zero-order chi connectivity index (χ0) is 18.2. The van der Waals surface area contributed by atoms with Crippen LogP contribution in [0.2, 0.25) is 0 Å². The van der Waals surface area contributed by atoms with Crippen LogP contribution in [0, 0.1) is 11.3 Å². The molecular formula is C19H36N2O3. The number of ketones is 1. The third kappa shape index (κ3) is 7.14. The van der Waals surface area contributed by atoms with Gasteiger partial charge in [-0.15, -0.1) is 0 Å². The number of aliphatic hydroxyl groups is 1. The summed E-state index contributed by atoms with van der Waals surface area (Å²) < 4.78 is 0. The van der Waals surface area contributed by atoms with Crippen molar-refractivity contribution in [3.63, 3.8) is 0 Å². The number of carbonyl (C=O) groups excluding carboxylic acids is 2. The molecule has 0 saturated carbocycles. The molecule has 0 aromatic heterocycles. The smallest absolute Gasteiger partial charge is 0.241 e. The summed E-state index contributed by atoms with van der Waals surface area (Å²) in [4.78, 5) is 24.4. The highest BCUT2D eigenvalue weighted by molar-refractivity contribution is 5.93. The third-order valence-electron chi connectivity index (χ3n) is 4.60. The summed E-state index contributed by atoms with van der Waals surface area (Å²) >= 11 is 0. The van der Waals surface area contributed by atoms with E-state index in [2.05, 4.69) is 24.5 Å². The fourth-order valence-electron chi connectivity index (χ4n) is 3.23. The van der Waals surface area contributed by atoms with Crippen LogP contribution in [-0.2, 0) is 9.59 Å². The molecule has 0 fully saturated rings. The van der Waals surface area contributed by atoms with Crippen LogP contribution in [0.4, 0.5) is 0 Å². The molecule has 0 aromatic rings. The maximum absolute atomic E-state index is 12.6. The van der Waals surface area contributed by atoms with Gasteiger partial charge in [-0.3, -0.25) is 9.59 Å². The summed E-state index contributed by atoms with van der Waals surface area (Å²) in [5.74, 6) is 0.388. The zero-order valence-electron chi connectivity index (χ0n) is 15.7. The highest BCUT2D eigenvalue weighted by Crippen LogP contribution is 2.32. The SMILES string of the molecule is CCC[C@H](NCC(CC)CCO)C(=O)NC1=CC(=O)CC(C)(C)C1.[HH]. The van der Waals surface area contributed by atoms with Crippen molar-refractivity contribution in [1.29, 1.82) is 0 Å². The van der Waals surface area contributed by atoms with Crippen LogP contribution in [0.1, 0.15) is 67.6 Å². The van der Waals surface area contributed by atoms with Crippen LogP contribution in [-0.4, -0.2) is 36.0 Å². The quantitative estimate of drug-likeness (QED) is 0.571. The van der Waals surface area contributed by atoms with Gasteiger partial charge in [0.25, 0.3) is 0 Å². The highest BCUT2D eigenvalue weighted by atomic mass is 16.3. The Morgan fingerprint density at radius 3 is 2.58 bits per heavy atom. The van der Waals surface area contributed by atoms with Gasteiger partial charge in [-0.2, -0.15) is 0 Å². The molecule has 1 amide bonds. The lowest BCUT2D eigenvalue weighted by Gasteiger charge is -2.30. The van der Waals surface area contributed by atoms with Gasteiger partial charge in [0.2, 0.25) is 5.91 Å². The minimum absolute atomic E-state index is 0. The van der Waals surface area contributed by atoms with Gasteiger partial charge in [-0.05, 0) is 37.1 Å². The van der Waals surface area contributed by atoms with E-state index >= 15 is 0 Å². The summed E-state index contributed by atoms with van der Waals surface area (Å²) in [7, 11) is 0. The topological polar surface area (TPSA) is 78.4 Å². The summed E-state index contributed by atoms with van der Waals surface area (Å²) in [5.41, 5.74) is 0.628. The molecule has 1 rings (SSSR count). The summed E-state index contributed by atoms with van der Waals surface area (Å²) in [6, 6.07) is -0.260. The van der Waals surface area contributed by atoms with E-state index < -0.39 is 0 Å². The second-order valence-electron chi connectivity index (χ2n) is 7.68. The zero-order valence-corrected chi connectivity index (χ0v) is 15.7. The van der Waals surface area contributed by atoms with Crippen molar-refractivity contribution in [2.75, 3.05) is 13.2 Å². The van der Waals surface area contributed by atoms with Gasteiger partial charge in [-0.1, -0.05) is 40.5 Å². The molecular weight excluding hydrogens is 304 g/mol. The number of hydrogen-bond acceptors (Lipinski definition) is 4. The van der Waals surface area contributed by atoms with Crippen molar-refractivity contribution in [3.8, 4) is 0 Å². The molecule has 140 valence electrons. The Morgan fingerprint density at radius 1 is 1.33 bits per heavy atom.